The first-order valence-corrected chi connectivity index (χ1v) is 5.45. The summed E-state index contributed by atoms with van der Waals surface area (Å²) in [5, 5.41) is 14.1. The van der Waals surface area contributed by atoms with Crippen molar-refractivity contribution in [1.29, 1.82) is 0 Å². The van der Waals surface area contributed by atoms with Crippen LogP contribution in [0, 0.1) is 5.92 Å². The van der Waals surface area contributed by atoms with Crippen molar-refractivity contribution in [2.24, 2.45) is 16.8 Å². The number of carbonyl (C=O) groups excluding carboxylic acids is 1. The molecule has 0 aromatic carbocycles. The van der Waals surface area contributed by atoms with E-state index in [4.69, 9.17) is 15.7 Å². The maximum absolute atomic E-state index is 11.7. The molecule has 16 heavy (non-hydrogen) atoms. The van der Waals surface area contributed by atoms with Crippen LogP contribution in [0.3, 0.4) is 0 Å². The highest BCUT2D eigenvalue weighted by Crippen LogP contribution is 2.15. The van der Waals surface area contributed by atoms with E-state index in [-0.39, 0.29) is 23.9 Å². The molecule has 3 atom stereocenters. The minimum absolute atomic E-state index is 0.0519. The lowest BCUT2D eigenvalue weighted by molar-refractivity contribution is -0.124. The van der Waals surface area contributed by atoms with Crippen LogP contribution in [0.4, 0.5) is 0 Å². The molecule has 1 aliphatic rings. The van der Waals surface area contributed by atoms with Crippen LogP contribution < -0.4 is 11.1 Å². The topological polar surface area (TPSA) is 96.9 Å². The van der Waals surface area contributed by atoms with Gasteiger partial charge in [-0.1, -0.05) is 5.16 Å². The molecule has 0 aromatic heterocycles. The number of rotatable bonds is 4. The molecule has 1 rings (SSSR count). The highest BCUT2D eigenvalue weighted by molar-refractivity contribution is 6.01. The van der Waals surface area contributed by atoms with Crippen molar-refractivity contribution < 1.29 is 14.7 Å². The van der Waals surface area contributed by atoms with E-state index in [1.54, 1.807) is 6.92 Å². The quantitative estimate of drug-likeness (QED) is 0.275. The second-order valence-electron chi connectivity index (χ2n) is 4.10. The Kier molecular flexibility index (Phi) is 4.54. The summed E-state index contributed by atoms with van der Waals surface area (Å²) in [5.74, 6) is -0.968. The molecule has 3 unspecified atom stereocenters. The number of nitrogens with two attached hydrogens (primary N) is 1. The molecule has 0 spiro atoms. The highest BCUT2D eigenvalue weighted by atomic mass is 16.5. The first-order chi connectivity index (χ1) is 7.56. The molecule has 1 fully saturated rings. The molecule has 6 heteroatoms. The zero-order valence-electron chi connectivity index (χ0n) is 9.64. The summed E-state index contributed by atoms with van der Waals surface area (Å²) >= 11 is 0. The van der Waals surface area contributed by atoms with Crippen molar-refractivity contribution in [1.82, 2.24) is 5.32 Å². The lowest BCUT2D eigenvalue weighted by Crippen LogP contribution is -2.45. The van der Waals surface area contributed by atoms with Gasteiger partial charge in [-0.15, -0.1) is 0 Å². The summed E-state index contributed by atoms with van der Waals surface area (Å²) in [6, 6.07) is -0.0519. The van der Waals surface area contributed by atoms with Gasteiger partial charge in [-0.2, -0.15) is 0 Å². The SMILES string of the molecule is CC(C(=O)NC(C)C1CCCO1)C(N)=NO. The Labute approximate surface area is 94.8 Å². The van der Waals surface area contributed by atoms with Crippen molar-refractivity contribution >= 4 is 11.7 Å². The minimum Gasteiger partial charge on any atom is -0.409 e. The van der Waals surface area contributed by atoms with Crippen LogP contribution in [-0.4, -0.2) is 35.7 Å². The van der Waals surface area contributed by atoms with Gasteiger partial charge in [-0.3, -0.25) is 4.79 Å². The maximum atomic E-state index is 11.7. The molecular formula is C10H19N3O3. The van der Waals surface area contributed by atoms with Crippen LogP contribution in [0.15, 0.2) is 5.16 Å². The van der Waals surface area contributed by atoms with Crippen LogP contribution in [0.25, 0.3) is 0 Å². The lowest BCUT2D eigenvalue weighted by Gasteiger charge is -2.21. The molecule has 0 saturated carbocycles. The van der Waals surface area contributed by atoms with Crippen LogP contribution in [0.1, 0.15) is 26.7 Å². The molecule has 6 nitrogen and oxygen atoms in total. The molecule has 0 bridgehead atoms. The summed E-state index contributed by atoms with van der Waals surface area (Å²) in [4.78, 5) is 11.7. The fourth-order valence-electron chi connectivity index (χ4n) is 1.66. The molecule has 1 saturated heterocycles. The summed E-state index contributed by atoms with van der Waals surface area (Å²) in [6.45, 7) is 4.24. The van der Waals surface area contributed by atoms with Gasteiger partial charge in [-0.25, -0.2) is 0 Å². The summed E-state index contributed by atoms with van der Waals surface area (Å²) in [6.07, 6.45) is 2.06. The first kappa shape index (κ1) is 12.8. The smallest absolute Gasteiger partial charge is 0.230 e. The molecule has 0 radical (unpaired) electrons. The fraction of sp³-hybridized carbons (Fsp3) is 0.800. The van der Waals surface area contributed by atoms with Gasteiger partial charge in [0, 0.05) is 6.61 Å². The van der Waals surface area contributed by atoms with Crippen molar-refractivity contribution in [2.45, 2.75) is 38.8 Å². The number of oxime groups is 1. The van der Waals surface area contributed by atoms with E-state index < -0.39 is 5.92 Å². The lowest BCUT2D eigenvalue weighted by atomic mass is 10.1. The number of amides is 1. The van der Waals surface area contributed by atoms with Crippen molar-refractivity contribution in [2.75, 3.05) is 6.61 Å². The standard InChI is InChI=1S/C10H19N3O3/c1-6(9(11)13-15)10(14)12-7(2)8-4-3-5-16-8/h6-8,15H,3-5H2,1-2H3,(H2,11,13)(H,12,14). The average Bonchev–Trinajstić information content (AvgIpc) is 2.80. The zero-order valence-corrected chi connectivity index (χ0v) is 9.64. The number of amidine groups is 1. The van der Waals surface area contributed by atoms with Crippen LogP contribution in [0.5, 0.6) is 0 Å². The minimum atomic E-state index is -0.631. The van der Waals surface area contributed by atoms with Gasteiger partial charge < -0.3 is 21.0 Å². The Hall–Kier alpha value is -1.30. The Morgan fingerprint density at radius 2 is 2.31 bits per heavy atom. The Bertz CT molecular complexity index is 274. The molecule has 1 amide bonds. The van der Waals surface area contributed by atoms with E-state index in [0.29, 0.717) is 0 Å². The van der Waals surface area contributed by atoms with Crippen molar-refractivity contribution in [3.05, 3.63) is 0 Å². The van der Waals surface area contributed by atoms with Crippen molar-refractivity contribution in [3.8, 4) is 0 Å². The summed E-state index contributed by atoms with van der Waals surface area (Å²) in [5.41, 5.74) is 5.35. The van der Waals surface area contributed by atoms with Gasteiger partial charge in [0.15, 0.2) is 5.84 Å². The third-order valence-electron chi connectivity index (χ3n) is 2.84. The van der Waals surface area contributed by atoms with Gasteiger partial charge in [0.05, 0.1) is 18.1 Å². The Balaban J connectivity index is 2.44. The molecule has 4 N–H and O–H groups in total. The van der Waals surface area contributed by atoms with E-state index in [9.17, 15) is 4.79 Å². The van der Waals surface area contributed by atoms with E-state index in [1.807, 2.05) is 6.92 Å². The van der Waals surface area contributed by atoms with Gasteiger partial charge in [0.25, 0.3) is 0 Å². The van der Waals surface area contributed by atoms with Crippen LogP contribution in [0.2, 0.25) is 0 Å². The fourth-order valence-corrected chi connectivity index (χ4v) is 1.66. The van der Waals surface area contributed by atoms with Gasteiger partial charge in [0.1, 0.15) is 0 Å². The number of hydrogen-bond acceptors (Lipinski definition) is 4. The van der Waals surface area contributed by atoms with Crippen LogP contribution in [-0.2, 0) is 9.53 Å². The molecule has 1 aliphatic heterocycles. The van der Waals surface area contributed by atoms with E-state index in [1.165, 1.54) is 0 Å². The Morgan fingerprint density at radius 1 is 1.62 bits per heavy atom. The number of ether oxygens (including phenoxy) is 1. The highest BCUT2D eigenvalue weighted by Gasteiger charge is 2.26. The van der Waals surface area contributed by atoms with Crippen molar-refractivity contribution in [3.63, 3.8) is 0 Å². The molecule has 1 heterocycles. The molecule has 92 valence electrons. The summed E-state index contributed by atoms with van der Waals surface area (Å²) in [7, 11) is 0. The van der Waals surface area contributed by atoms with Crippen LogP contribution >= 0.6 is 0 Å². The first-order valence-electron chi connectivity index (χ1n) is 5.45. The number of nitrogens with zero attached hydrogens (tertiary/aromatic N) is 1. The average molecular weight is 229 g/mol. The van der Waals surface area contributed by atoms with E-state index in [0.717, 1.165) is 19.4 Å². The molecule has 0 aliphatic carbocycles. The largest absolute Gasteiger partial charge is 0.409 e. The predicted octanol–water partition coefficient (Wildman–Crippen LogP) is 0.0526. The van der Waals surface area contributed by atoms with Gasteiger partial charge in [0.2, 0.25) is 5.91 Å². The predicted molar refractivity (Wildman–Crippen MR) is 59.2 cm³/mol. The summed E-state index contributed by atoms with van der Waals surface area (Å²) < 4.78 is 5.46. The zero-order chi connectivity index (χ0) is 12.1. The van der Waals surface area contributed by atoms with Gasteiger partial charge >= 0.3 is 0 Å². The third-order valence-corrected chi connectivity index (χ3v) is 2.84. The second-order valence-corrected chi connectivity index (χ2v) is 4.10. The van der Waals surface area contributed by atoms with E-state index in [2.05, 4.69) is 10.5 Å². The van der Waals surface area contributed by atoms with E-state index >= 15 is 0 Å². The second kappa shape index (κ2) is 5.69. The van der Waals surface area contributed by atoms with Gasteiger partial charge in [-0.05, 0) is 26.7 Å². The Morgan fingerprint density at radius 3 is 2.81 bits per heavy atom. The number of hydrogen-bond donors (Lipinski definition) is 3. The normalized spacial score (nSPS) is 25.1. The third kappa shape index (κ3) is 3.10. The number of nitrogens with one attached hydrogen (secondary N) is 1. The molecular weight excluding hydrogens is 210 g/mol. The maximum Gasteiger partial charge on any atom is 0.230 e. The monoisotopic (exact) mass is 229 g/mol. The molecule has 0 aromatic rings. The number of carbonyl (C=O) groups is 1.